The lowest BCUT2D eigenvalue weighted by Crippen LogP contribution is -2.19. The van der Waals surface area contributed by atoms with Gasteiger partial charge in [-0.25, -0.2) is 0 Å². The summed E-state index contributed by atoms with van der Waals surface area (Å²) in [7, 11) is -1.63. The highest BCUT2D eigenvalue weighted by Crippen LogP contribution is 2.49. The molecule has 0 aliphatic carbocycles. The summed E-state index contributed by atoms with van der Waals surface area (Å²) in [5.41, 5.74) is 6.01. The first-order chi connectivity index (χ1) is 15.7. The Kier molecular flexibility index (Phi) is 8.84. The summed E-state index contributed by atoms with van der Waals surface area (Å²) in [4.78, 5) is 0. The minimum Gasteiger partial charge on any atom is -0.417 e. The molecule has 1 unspecified atom stereocenters. The van der Waals surface area contributed by atoms with Crippen molar-refractivity contribution < 1.29 is 13.6 Å². The van der Waals surface area contributed by atoms with Crippen LogP contribution in [0.25, 0.3) is 0 Å². The molecule has 0 aromatic heterocycles. The van der Waals surface area contributed by atoms with Gasteiger partial charge in [0, 0.05) is 11.1 Å². The van der Waals surface area contributed by atoms with E-state index >= 15 is 0 Å². The molecule has 0 saturated carbocycles. The average Bonchev–Trinajstić information content (AvgIpc) is 2.66. The van der Waals surface area contributed by atoms with Crippen molar-refractivity contribution in [2.24, 2.45) is 0 Å². The molecule has 0 aliphatic rings. The molecule has 196 valence electrons. The Morgan fingerprint density at radius 2 is 1.14 bits per heavy atom. The van der Waals surface area contributed by atoms with Crippen molar-refractivity contribution in [1.82, 2.24) is 0 Å². The van der Waals surface area contributed by atoms with E-state index in [-0.39, 0.29) is 21.7 Å². The van der Waals surface area contributed by atoms with Crippen molar-refractivity contribution in [3.63, 3.8) is 0 Å². The molecule has 2 aromatic rings. The Morgan fingerprint density at radius 3 is 1.60 bits per heavy atom. The third kappa shape index (κ3) is 7.70. The van der Waals surface area contributed by atoms with Crippen LogP contribution < -0.4 is 9.05 Å². The Labute approximate surface area is 217 Å². The topological polar surface area (TPSA) is 27.7 Å². The first-order valence-electron chi connectivity index (χ1n) is 12.8. The molecule has 0 radical (unpaired) electrons. The van der Waals surface area contributed by atoms with Gasteiger partial charge in [-0.2, -0.15) is 0 Å². The van der Waals surface area contributed by atoms with Crippen LogP contribution in [0, 0.1) is 6.92 Å². The Bertz CT molecular complexity index is 1010. The summed E-state index contributed by atoms with van der Waals surface area (Å²) in [6, 6.07) is 11.1. The molecule has 0 amide bonds. The van der Waals surface area contributed by atoms with E-state index in [1.54, 1.807) is 0 Å². The molecule has 3 nitrogen and oxygen atoms in total. The molecule has 0 heterocycles. The van der Waals surface area contributed by atoms with Gasteiger partial charge in [-0.3, -0.25) is 4.52 Å². The highest BCUT2D eigenvalue weighted by Gasteiger charge is 2.30. The van der Waals surface area contributed by atoms with E-state index in [0.29, 0.717) is 6.61 Å². The van der Waals surface area contributed by atoms with Crippen LogP contribution in [-0.4, -0.2) is 6.61 Å². The van der Waals surface area contributed by atoms with Gasteiger partial charge in [0.2, 0.25) is 0 Å². The van der Waals surface area contributed by atoms with Gasteiger partial charge in [-0.15, -0.1) is 0 Å². The van der Waals surface area contributed by atoms with Crippen LogP contribution in [0.15, 0.2) is 30.3 Å². The van der Waals surface area contributed by atoms with E-state index < -0.39 is 8.60 Å². The van der Waals surface area contributed by atoms with Crippen molar-refractivity contribution in [2.45, 2.75) is 119 Å². The van der Waals surface area contributed by atoms with Crippen molar-refractivity contribution in [3.05, 3.63) is 58.1 Å². The fourth-order valence-electron chi connectivity index (χ4n) is 3.88. The van der Waals surface area contributed by atoms with Crippen molar-refractivity contribution in [2.75, 3.05) is 6.61 Å². The Morgan fingerprint density at radius 1 is 0.629 bits per heavy atom. The summed E-state index contributed by atoms with van der Waals surface area (Å²) in [5.74, 6) is 1.69. The smallest absolute Gasteiger partial charge is 0.417 e. The highest BCUT2D eigenvalue weighted by molar-refractivity contribution is 7.42. The molecule has 1 atom stereocenters. The second-order valence-electron chi connectivity index (χ2n) is 13.7. The molecule has 2 rings (SSSR count). The lowest BCUT2D eigenvalue weighted by atomic mass is 9.79. The first-order valence-corrected chi connectivity index (χ1v) is 13.9. The average molecular weight is 501 g/mol. The zero-order chi connectivity index (χ0) is 27.0. The van der Waals surface area contributed by atoms with E-state index in [4.69, 9.17) is 13.6 Å². The third-order valence-electron chi connectivity index (χ3n) is 6.18. The lowest BCUT2D eigenvalue weighted by Gasteiger charge is -2.31. The van der Waals surface area contributed by atoms with Crippen molar-refractivity contribution >= 4 is 8.60 Å². The summed E-state index contributed by atoms with van der Waals surface area (Å²) < 4.78 is 19.2. The fraction of sp³-hybridized carbons (Fsp3) is 0.613. The predicted octanol–water partition coefficient (Wildman–Crippen LogP) is 9.91. The maximum Gasteiger partial charge on any atom is 0.463 e. The zero-order valence-corrected chi connectivity index (χ0v) is 25.7. The minimum atomic E-state index is -1.63. The van der Waals surface area contributed by atoms with Crippen LogP contribution in [0.5, 0.6) is 11.5 Å². The normalized spacial score (nSPS) is 14.1. The number of hydrogen-bond acceptors (Lipinski definition) is 3. The first kappa shape index (κ1) is 29.7. The van der Waals surface area contributed by atoms with Crippen molar-refractivity contribution in [1.29, 1.82) is 0 Å². The van der Waals surface area contributed by atoms with E-state index in [9.17, 15) is 0 Å². The molecule has 0 bridgehead atoms. The Balaban J connectivity index is 2.55. The van der Waals surface area contributed by atoms with Crippen LogP contribution in [0.3, 0.4) is 0 Å². The number of hydrogen-bond donors (Lipinski definition) is 0. The minimum absolute atomic E-state index is 0.0564. The van der Waals surface area contributed by atoms with Crippen molar-refractivity contribution in [3.8, 4) is 11.5 Å². The van der Waals surface area contributed by atoms with Gasteiger partial charge in [0.25, 0.3) is 0 Å². The Hall–Kier alpha value is -1.57. The SMILES string of the molecule is CCOP(Oc1ccc(C(C)(C)C)cc1C(C)(C)C)Oc1c(C)cc(C(C)(C)C)cc1C(C)(C)C. The predicted molar refractivity (Wildman–Crippen MR) is 152 cm³/mol. The van der Waals surface area contributed by atoms with Gasteiger partial charge in [0.05, 0.1) is 6.61 Å². The summed E-state index contributed by atoms with van der Waals surface area (Å²) in [5, 5.41) is 0. The fourth-order valence-corrected chi connectivity index (χ4v) is 4.94. The van der Waals surface area contributed by atoms with Crippen LogP contribution in [0.2, 0.25) is 0 Å². The second-order valence-corrected chi connectivity index (χ2v) is 14.8. The molecular formula is C31H49O3P. The van der Waals surface area contributed by atoms with E-state index in [2.05, 4.69) is 120 Å². The van der Waals surface area contributed by atoms with Gasteiger partial charge in [-0.05, 0) is 58.3 Å². The van der Waals surface area contributed by atoms with Gasteiger partial charge in [0.15, 0.2) is 0 Å². The lowest BCUT2D eigenvalue weighted by molar-refractivity contribution is 0.276. The van der Waals surface area contributed by atoms with E-state index in [0.717, 1.165) is 22.6 Å². The summed E-state index contributed by atoms with van der Waals surface area (Å²) in [6.07, 6.45) is 0. The molecule has 0 spiro atoms. The second kappa shape index (κ2) is 10.4. The van der Waals surface area contributed by atoms with Gasteiger partial charge in [-0.1, -0.05) is 107 Å². The van der Waals surface area contributed by atoms with Gasteiger partial charge >= 0.3 is 8.60 Å². The molecule has 0 fully saturated rings. The maximum absolute atomic E-state index is 6.60. The van der Waals surface area contributed by atoms with Crippen LogP contribution in [-0.2, 0) is 26.2 Å². The maximum atomic E-state index is 6.60. The molecule has 4 heteroatoms. The molecule has 2 aromatic carbocycles. The summed E-state index contributed by atoms with van der Waals surface area (Å²) in [6.45, 7) is 31.4. The molecular weight excluding hydrogens is 451 g/mol. The number of aryl methyl sites for hydroxylation is 1. The van der Waals surface area contributed by atoms with Crippen LogP contribution >= 0.6 is 8.60 Å². The standard InChI is InChI=1S/C31H49O3P/c1-15-32-35(33-26-17-16-22(28(3,4)5)19-24(26)30(9,10)11)34-27-21(2)18-23(29(6,7)8)20-25(27)31(12,13)14/h16-20H,15H2,1-14H3. The molecule has 0 N–H and O–H groups in total. The molecule has 35 heavy (non-hydrogen) atoms. The third-order valence-corrected chi connectivity index (χ3v) is 7.32. The number of rotatable bonds is 6. The van der Waals surface area contributed by atoms with E-state index in [1.807, 2.05) is 6.92 Å². The largest absolute Gasteiger partial charge is 0.463 e. The van der Waals surface area contributed by atoms with Crippen LogP contribution in [0.4, 0.5) is 0 Å². The van der Waals surface area contributed by atoms with Crippen LogP contribution in [0.1, 0.15) is 118 Å². The number of benzene rings is 2. The monoisotopic (exact) mass is 500 g/mol. The van der Waals surface area contributed by atoms with Gasteiger partial charge < -0.3 is 9.05 Å². The molecule has 0 saturated heterocycles. The van der Waals surface area contributed by atoms with Gasteiger partial charge in [0.1, 0.15) is 11.5 Å². The zero-order valence-electron chi connectivity index (χ0n) is 24.8. The highest BCUT2D eigenvalue weighted by atomic mass is 31.2. The summed E-state index contributed by atoms with van der Waals surface area (Å²) >= 11 is 0. The van der Waals surface area contributed by atoms with E-state index in [1.165, 1.54) is 16.7 Å². The molecule has 0 aliphatic heterocycles. The quantitative estimate of drug-likeness (QED) is 0.369.